The fourth-order valence-electron chi connectivity index (χ4n) is 2.14. The highest BCUT2D eigenvalue weighted by atomic mass is 32.1. The van der Waals surface area contributed by atoms with Gasteiger partial charge in [0.2, 0.25) is 5.13 Å². The lowest BCUT2D eigenvalue weighted by molar-refractivity contribution is 0.0648. The Hall–Kier alpha value is -1.21. The average molecular weight is 270 g/mol. The van der Waals surface area contributed by atoms with Gasteiger partial charge in [0.15, 0.2) is 0 Å². The minimum Gasteiger partial charge on any atom is -0.396 e. The molecule has 18 heavy (non-hydrogen) atoms. The topological polar surface area (TPSA) is 78.4 Å². The summed E-state index contributed by atoms with van der Waals surface area (Å²) in [6.45, 7) is 5.19. The molecule has 1 aromatic heterocycles. The number of piperidine rings is 1. The van der Waals surface area contributed by atoms with Gasteiger partial charge in [0.05, 0.1) is 6.61 Å². The van der Waals surface area contributed by atoms with Crippen molar-refractivity contribution in [1.82, 2.24) is 14.3 Å². The van der Waals surface area contributed by atoms with E-state index in [1.54, 1.807) is 11.8 Å². The molecule has 0 aromatic carbocycles. The molecule has 1 unspecified atom stereocenters. The van der Waals surface area contributed by atoms with E-state index in [2.05, 4.69) is 14.7 Å². The van der Waals surface area contributed by atoms with Gasteiger partial charge in [-0.25, -0.2) is 9.78 Å². The molecule has 0 radical (unpaired) electrons. The maximum Gasteiger partial charge on any atom is 0.323 e. The first-order valence-electron chi connectivity index (χ1n) is 5.99. The highest BCUT2D eigenvalue weighted by Gasteiger charge is 2.32. The number of hydrogen-bond acceptors (Lipinski definition) is 5. The molecule has 1 saturated heterocycles. The van der Waals surface area contributed by atoms with Crippen LogP contribution >= 0.6 is 11.5 Å². The van der Waals surface area contributed by atoms with E-state index >= 15 is 0 Å². The van der Waals surface area contributed by atoms with Crippen molar-refractivity contribution in [2.24, 2.45) is 5.41 Å². The molecule has 1 fully saturated rings. The van der Waals surface area contributed by atoms with E-state index in [1.165, 1.54) is 11.5 Å². The molecule has 1 atom stereocenters. The van der Waals surface area contributed by atoms with Gasteiger partial charge in [-0.05, 0) is 19.8 Å². The van der Waals surface area contributed by atoms with E-state index in [-0.39, 0.29) is 18.1 Å². The van der Waals surface area contributed by atoms with Crippen molar-refractivity contribution in [2.75, 3.05) is 25.0 Å². The zero-order valence-corrected chi connectivity index (χ0v) is 11.5. The average Bonchev–Trinajstić information content (AvgIpc) is 2.75. The molecular formula is C11H18N4O2S. The number of urea groups is 1. The summed E-state index contributed by atoms with van der Waals surface area (Å²) in [5.74, 6) is 0.661. The van der Waals surface area contributed by atoms with E-state index in [9.17, 15) is 9.90 Å². The van der Waals surface area contributed by atoms with Crippen molar-refractivity contribution in [3.63, 3.8) is 0 Å². The zero-order valence-electron chi connectivity index (χ0n) is 10.6. The summed E-state index contributed by atoms with van der Waals surface area (Å²) in [6.07, 6.45) is 1.87. The van der Waals surface area contributed by atoms with Crippen molar-refractivity contribution in [3.8, 4) is 0 Å². The van der Waals surface area contributed by atoms with Crippen LogP contribution in [0.1, 0.15) is 25.6 Å². The molecule has 2 rings (SSSR count). The number of nitrogens with one attached hydrogen (secondary N) is 1. The molecule has 0 saturated carbocycles. The lowest BCUT2D eigenvalue weighted by Crippen LogP contribution is -2.47. The standard InChI is InChI=1S/C11H18N4O2S/c1-8-12-9(18-14-8)13-10(17)15-5-3-4-11(2,6-15)7-16/h16H,3-7H2,1-2H3,(H,12,13,14,17). The molecule has 0 bridgehead atoms. The van der Waals surface area contributed by atoms with Gasteiger partial charge in [-0.2, -0.15) is 4.37 Å². The number of aliphatic hydroxyl groups excluding tert-OH is 1. The van der Waals surface area contributed by atoms with Crippen molar-refractivity contribution < 1.29 is 9.90 Å². The van der Waals surface area contributed by atoms with E-state index in [0.717, 1.165) is 19.4 Å². The Balaban J connectivity index is 1.96. The maximum atomic E-state index is 12.1. The zero-order chi connectivity index (χ0) is 13.2. The van der Waals surface area contributed by atoms with Crippen LogP contribution in [-0.2, 0) is 0 Å². The number of hydrogen-bond donors (Lipinski definition) is 2. The van der Waals surface area contributed by atoms with Gasteiger partial charge in [-0.15, -0.1) is 0 Å². The lowest BCUT2D eigenvalue weighted by Gasteiger charge is -2.39. The molecular weight excluding hydrogens is 252 g/mol. The summed E-state index contributed by atoms with van der Waals surface area (Å²) in [4.78, 5) is 17.9. The Kier molecular flexibility index (Phi) is 3.82. The molecule has 2 amide bonds. The molecule has 2 N–H and O–H groups in total. The third-order valence-corrected chi connectivity index (χ3v) is 3.91. The van der Waals surface area contributed by atoms with Crippen LogP contribution in [0.5, 0.6) is 0 Å². The van der Waals surface area contributed by atoms with Crippen molar-refractivity contribution in [3.05, 3.63) is 5.82 Å². The SMILES string of the molecule is Cc1nsc(NC(=O)N2CCCC(C)(CO)C2)n1. The van der Waals surface area contributed by atoms with Crippen LogP contribution in [0.3, 0.4) is 0 Å². The smallest absolute Gasteiger partial charge is 0.323 e. The molecule has 1 aliphatic heterocycles. The monoisotopic (exact) mass is 270 g/mol. The van der Waals surface area contributed by atoms with E-state index in [4.69, 9.17) is 0 Å². The molecule has 100 valence electrons. The largest absolute Gasteiger partial charge is 0.396 e. The lowest BCUT2D eigenvalue weighted by atomic mass is 9.83. The summed E-state index contributed by atoms with van der Waals surface area (Å²) in [5.41, 5.74) is -0.188. The summed E-state index contributed by atoms with van der Waals surface area (Å²) in [7, 11) is 0. The van der Waals surface area contributed by atoms with Gasteiger partial charge < -0.3 is 10.0 Å². The first kappa shape index (κ1) is 13.2. The van der Waals surface area contributed by atoms with Crippen molar-refractivity contribution >= 4 is 22.7 Å². The minimum atomic E-state index is -0.188. The molecule has 2 heterocycles. The number of aliphatic hydroxyl groups is 1. The number of likely N-dealkylation sites (tertiary alicyclic amines) is 1. The summed E-state index contributed by atoms with van der Waals surface area (Å²) in [6, 6.07) is -0.162. The van der Waals surface area contributed by atoms with Crippen molar-refractivity contribution in [1.29, 1.82) is 0 Å². The van der Waals surface area contributed by atoms with Gasteiger partial charge in [-0.3, -0.25) is 5.32 Å². The Morgan fingerprint density at radius 2 is 2.44 bits per heavy atom. The fraction of sp³-hybridized carbons (Fsp3) is 0.727. The molecule has 0 aliphatic carbocycles. The van der Waals surface area contributed by atoms with Crippen molar-refractivity contribution in [2.45, 2.75) is 26.7 Å². The molecule has 1 aliphatic rings. The highest BCUT2D eigenvalue weighted by molar-refractivity contribution is 7.09. The number of carbonyl (C=O) groups is 1. The van der Waals surface area contributed by atoms with Crippen LogP contribution in [0.2, 0.25) is 0 Å². The predicted octanol–water partition coefficient (Wildman–Crippen LogP) is 1.47. The Labute approximate surface area is 110 Å². The van der Waals surface area contributed by atoms with Gasteiger partial charge in [0.25, 0.3) is 0 Å². The van der Waals surface area contributed by atoms with Crippen LogP contribution in [0.15, 0.2) is 0 Å². The number of amides is 2. The number of aryl methyl sites for hydroxylation is 1. The fourth-order valence-corrected chi connectivity index (χ4v) is 2.70. The number of aromatic nitrogens is 2. The second-order valence-corrected chi connectivity index (χ2v) is 5.82. The number of anilines is 1. The Bertz CT molecular complexity index is 436. The molecule has 1 aromatic rings. The first-order chi connectivity index (χ1) is 8.52. The first-order valence-corrected chi connectivity index (χ1v) is 6.77. The molecule has 6 nitrogen and oxygen atoms in total. The number of nitrogens with zero attached hydrogens (tertiary/aromatic N) is 3. The third-order valence-electron chi connectivity index (χ3n) is 3.19. The van der Waals surface area contributed by atoms with Gasteiger partial charge in [0, 0.05) is 30.0 Å². The van der Waals surface area contributed by atoms with Crippen LogP contribution < -0.4 is 5.32 Å². The van der Waals surface area contributed by atoms with Crippen LogP contribution in [0.4, 0.5) is 9.93 Å². The predicted molar refractivity (Wildman–Crippen MR) is 69.7 cm³/mol. The van der Waals surface area contributed by atoms with Gasteiger partial charge in [0.1, 0.15) is 5.82 Å². The number of rotatable bonds is 2. The second kappa shape index (κ2) is 5.19. The Morgan fingerprint density at radius 3 is 3.06 bits per heavy atom. The van der Waals surface area contributed by atoms with Gasteiger partial charge in [-0.1, -0.05) is 6.92 Å². The van der Waals surface area contributed by atoms with Crippen LogP contribution in [-0.4, -0.2) is 45.1 Å². The number of carbonyl (C=O) groups excluding carboxylic acids is 1. The van der Waals surface area contributed by atoms with E-state index < -0.39 is 0 Å². The summed E-state index contributed by atoms with van der Waals surface area (Å²) in [5, 5.41) is 12.6. The minimum absolute atomic E-state index is 0.106. The molecule has 7 heteroatoms. The van der Waals surface area contributed by atoms with E-state index in [1.807, 2.05) is 6.92 Å². The van der Waals surface area contributed by atoms with Gasteiger partial charge >= 0.3 is 6.03 Å². The summed E-state index contributed by atoms with van der Waals surface area (Å²) < 4.78 is 4.02. The van der Waals surface area contributed by atoms with Crippen LogP contribution in [0, 0.1) is 12.3 Å². The quantitative estimate of drug-likeness (QED) is 0.853. The summed E-state index contributed by atoms with van der Waals surface area (Å²) >= 11 is 1.18. The second-order valence-electron chi connectivity index (χ2n) is 5.07. The highest BCUT2D eigenvalue weighted by Crippen LogP contribution is 2.29. The van der Waals surface area contributed by atoms with E-state index in [0.29, 0.717) is 17.5 Å². The Morgan fingerprint density at radius 1 is 1.67 bits per heavy atom. The molecule has 0 spiro atoms. The maximum absolute atomic E-state index is 12.1. The third kappa shape index (κ3) is 2.97. The van der Waals surface area contributed by atoms with Crippen LogP contribution in [0.25, 0.3) is 0 Å². The normalized spacial score (nSPS) is 24.1.